The van der Waals surface area contributed by atoms with Crippen molar-refractivity contribution < 1.29 is 28.0 Å². The number of thioether (sulfide) groups is 1. The fourth-order valence-electron chi connectivity index (χ4n) is 3.32. The Hall–Kier alpha value is -2.83. The Balaban J connectivity index is 2.11. The summed E-state index contributed by atoms with van der Waals surface area (Å²) >= 11 is 0.764. The standard InChI is InChI=1S/C21H16F2NO4PS/c1-24(2)21(26)30-17-11-5-10-16-20(17)29(27,18-12(22)6-3-8-14(18)25)19-13(23)7-4-9-15(19)28-16/h3-11,25H,1-2H3. The summed E-state index contributed by atoms with van der Waals surface area (Å²) in [4.78, 5) is 13.9. The van der Waals surface area contributed by atoms with Gasteiger partial charge in [0, 0.05) is 19.0 Å². The molecule has 4 rings (SSSR count). The number of amides is 1. The highest BCUT2D eigenvalue weighted by Gasteiger charge is 2.46. The minimum absolute atomic E-state index is 0.0248. The van der Waals surface area contributed by atoms with Crippen LogP contribution in [0.25, 0.3) is 0 Å². The quantitative estimate of drug-likeness (QED) is 0.369. The number of nitrogens with zero attached hydrogens (tertiary/aromatic N) is 1. The van der Waals surface area contributed by atoms with Crippen molar-refractivity contribution in [2.75, 3.05) is 14.1 Å². The summed E-state index contributed by atoms with van der Waals surface area (Å²) in [5.74, 6) is -2.30. The highest BCUT2D eigenvalue weighted by molar-refractivity contribution is 8.14. The van der Waals surface area contributed by atoms with Crippen LogP contribution in [-0.4, -0.2) is 29.3 Å². The van der Waals surface area contributed by atoms with Gasteiger partial charge in [0.05, 0.1) is 15.9 Å². The van der Waals surface area contributed by atoms with E-state index in [-0.39, 0.29) is 32.2 Å². The van der Waals surface area contributed by atoms with Crippen molar-refractivity contribution in [3.63, 3.8) is 0 Å². The molecule has 1 N–H and O–H groups in total. The smallest absolute Gasteiger partial charge is 0.285 e. The van der Waals surface area contributed by atoms with E-state index in [9.17, 15) is 23.2 Å². The van der Waals surface area contributed by atoms with Gasteiger partial charge in [-0.25, -0.2) is 8.78 Å². The first-order valence-corrected chi connectivity index (χ1v) is 11.3. The van der Waals surface area contributed by atoms with Crippen molar-refractivity contribution in [1.82, 2.24) is 4.90 Å². The van der Waals surface area contributed by atoms with Gasteiger partial charge >= 0.3 is 0 Å². The second kappa shape index (κ2) is 7.45. The van der Waals surface area contributed by atoms with Gasteiger partial charge in [0.2, 0.25) is 0 Å². The molecule has 1 amide bonds. The number of carbonyl (C=O) groups is 1. The lowest BCUT2D eigenvalue weighted by atomic mass is 10.3. The zero-order valence-electron chi connectivity index (χ0n) is 15.9. The molecule has 3 aromatic carbocycles. The van der Waals surface area contributed by atoms with Crippen molar-refractivity contribution in [3.05, 3.63) is 66.2 Å². The van der Waals surface area contributed by atoms with Gasteiger partial charge in [0.25, 0.3) is 5.24 Å². The van der Waals surface area contributed by atoms with Crippen molar-refractivity contribution >= 4 is 40.1 Å². The molecule has 0 aliphatic carbocycles. The Morgan fingerprint density at radius 3 is 2.13 bits per heavy atom. The molecule has 0 bridgehead atoms. The number of benzene rings is 3. The molecule has 0 spiro atoms. The highest BCUT2D eigenvalue weighted by Crippen LogP contribution is 2.56. The maximum Gasteiger partial charge on any atom is 0.285 e. The third kappa shape index (κ3) is 3.07. The average molecular weight is 447 g/mol. The number of rotatable bonds is 2. The third-order valence-corrected chi connectivity index (χ3v) is 9.08. The molecule has 9 heteroatoms. The van der Waals surface area contributed by atoms with Crippen LogP contribution in [0.5, 0.6) is 17.2 Å². The summed E-state index contributed by atoms with van der Waals surface area (Å²) in [5, 5.41) is 9.19. The second-order valence-electron chi connectivity index (χ2n) is 6.77. The van der Waals surface area contributed by atoms with E-state index in [1.54, 1.807) is 20.2 Å². The molecular weight excluding hydrogens is 431 g/mol. The largest absolute Gasteiger partial charge is 0.507 e. The van der Waals surface area contributed by atoms with E-state index in [1.165, 1.54) is 41.3 Å². The number of phenolic OH excluding ortho intramolecular Hbond substituents is 1. The van der Waals surface area contributed by atoms with Crippen LogP contribution in [0.1, 0.15) is 0 Å². The monoisotopic (exact) mass is 447 g/mol. The molecule has 30 heavy (non-hydrogen) atoms. The summed E-state index contributed by atoms with van der Waals surface area (Å²) in [6, 6.07) is 12.1. The molecule has 0 saturated carbocycles. The zero-order valence-corrected chi connectivity index (χ0v) is 17.6. The van der Waals surface area contributed by atoms with E-state index in [0.717, 1.165) is 23.9 Å². The minimum Gasteiger partial charge on any atom is -0.507 e. The Labute approximate surface area is 175 Å². The number of halogens is 2. The fourth-order valence-corrected chi connectivity index (χ4v) is 7.62. The summed E-state index contributed by atoms with van der Waals surface area (Å²) in [5.41, 5.74) is 0. The number of carbonyl (C=O) groups excluding carboxylic acids is 1. The van der Waals surface area contributed by atoms with Gasteiger partial charge in [-0.2, -0.15) is 0 Å². The number of phenols is 1. The summed E-state index contributed by atoms with van der Waals surface area (Å²) in [6.45, 7) is 0. The van der Waals surface area contributed by atoms with Crippen molar-refractivity contribution in [1.29, 1.82) is 0 Å². The van der Waals surface area contributed by atoms with E-state index in [0.29, 0.717) is 0 Å². The summed E-state index contributed by atoms with van der Waals surface area (Å²) < 4.78 is 50.4. The van der Waals surface area contributed by atoms with Gasteiger partial charge < -0.3 is 19.3 Å². The average Bonchev–Trinajstić information content (AvgIpc) is 2.67. The molecule has 5 nitrogen and oxygen atoms in total. The number of hydrogen-bond donors (Lipinski definition) is 1. The van der Waals surface area contributed by atoms with Gasteiger partial charge in [-0.1, -0.05) is 18.2 Å². The summed E-state index contributed by atoms with van der Waals surface area (Å²) in [7, 11) is -1.19. The van der Waals surface area contributed by atoms with E-state index in [2.05, 4.69) is 0 Å². The SMILES string of the molecule is CN(C)C(=O)Sc1cccc2c1P(=O)(c1c(O)cccc1F)c1c(F)cccc1O2. The van der Waals surface area contributed by atoms with Crippen LogP contribution >= 0.6 is 18.9 Å². The Morgan fingerprint density at radius 2 is 1.50 bits per heavy atom. The lowest BCUT2D eigenvalue weighted by Gasteiger charge is -2.31. The molecule has 0 radical (unpaired) electrons. The second-order valence-corrected chi connectivity index (χ2v) is 10.3. The maximum atomic E-state index is 15.0. The van der Waals surface area contributed by atoms with Crippen LogP contribution in [0.15, 0.2) is 59.5 Å². The van der Waals surface area contributed by atoms with Crippen LogP contribution in [0.2, 0.25) is 0 Å². The number of aromatic hydroxyl groups is 1. The Bertz CT molecular complexity index is 1180. The Morgan fingerprint density at radius 1 is 0.933 bits per heavy atom. The van der Waals surface area contributed by atoms with Crippen molar-refractivity contribution in [2.24, 2.45) is 0 Å². The minimum atomic E-state index is -4.30. The van der Waals surface area contributed by atoms with Crippen LogP contribution in [-0.2, 0) is 4.57 Å². The highest BCUT2D eigenvalue weighted by atomic mass is 32.2. The molecule has 1 unspecified atom stereocenters. The van der Waals surface area contributed by atoms with Gasteiger partial charge in [-0.05, 0) is 48.2 Å². The zero-order chi connectivity index (χ0) is 21.6. The summed E-state index contributed by atoms with van der Waals surface area (Å²) in [6.07, 6.45) is 0. The van der Waals surface area contributed by atoms with Crippen LogP contribution in [0.4, 0.5) is 13.6 Å². The lowest BCUT2D eigenvalue weighted by molar-refractivity contribution is 0.241. The first kappa shape index (κ1) is 20.4. The number of hydrogen-bond acceptors (Lipinski definition) is 5. The molecule has 3 aromatic rings. The molecule has 0 fully saturated rings. The van der Waals surface area contributed by atoms with Crippen molar-refractivity contribution in [2.45, 2.75) is 4.90 Å². The molecule has 0 aromatic heterocycles. The van der Waals surface area contributed by atoms with E-state index >= 15 is 0 Å². The van der Waals surface area contributed by atoms with Crippen LogP contribution < -0.4 is 20.7 Å². The van der Waals surface area contributed by atoms with Gasteiger partial charge in [0.15, 0.2) is 7.14 Å². The van der Waals surface area contributed by atoms with E-state index < -0.39 is 29.8 Å². The molecule has 154 valence electrons. The predicted octanol–water partition coefficient (Wildman–Crippen LogP) is 4.19. The Kier molecular flexibility index (Phi) is 5.08. The molecule has 1 aliphatic heterocycles. The van der Waals surface area contributed by atoms with Gasteiger partial charge in [0.1, 0.15) is 28.9 Å². The maximum absolute atomic E-state index is 15.0. The number of fused-ring (bicyclic) bond motifs is 2. The number of ether oxygens (including phenoxy) is 1. The van der Waals surface area contributed by atoms with E-state index in [4.69, 9.17) is 4.74 Å². The molecule has 1 atom stereocenters. The topological polar surface area (TPSA) is 66.8 Å². The van der Waals surface area contributed by atoms with Gasteiger partial charge in [-0.15, -0.1) is 0 Å². The third-order valence-electron chi connectivity index (χ3n) is 4.60. The predicted molar refractivity (Wildman–Crippen MR) is 112 cm³/mol. The van der Waals surface area contributed by atoms with Gasteiger partial charge in [-0.3, -0.25) is 4.79 Å². The normalized spacial score (nSPS) is 16.9. The first-order valence-electron chi connectivity index (χ1n) is 8.83. The lowest BCUT2D eigenvalue weighted by Crippen LogP contribution is -2.35. The van der Waals surface area contributed by atoms with Crippen LogP contribution in [0.3, 0.4) is 0 Å². The molecule has 1 heterocycles. The molecule has 0 saturated heterocycles. The molecular formula is C21H16F2NO4PS. The fraction of sp³-hybridized carbons (Fsp3) is 0.0952. The van der Waals surface area contributed by atoms with Crippen LogP contribution in [0, 0.1) is 11.6 Å². The first-order chi connectivity index (χ1) is 14.2. The van der Waals surface area contributed by atoms with Crippen molar-refractivity contribution in [3.8, 4) is 17.2 Å². The molecule has 1 aliphatic rings. The van der Waals surface area contributed by atoms with E-state index in [1.807, 2.05) is 0 Å².